The Morgan fingerprint density at radius 1 is 1.06 bits per heavy atom. The quantitative estimate of drug-likeness (QED) is 0.298. The average molecular weight is 476 g/mol. The lowest BCUT2D eigenvalue weighted by Crippen LogP contribution is -2.27. The number of aryl methyl sites for hydroxylation is 1. The Balaban J connectivity index is 1.45. The van der Waals surface area contributed by atoms with Crippen LogP contribution in [0.3, 0.4) is 0 Å². The van der Waals surface area contributed by atoms with Gasteiger partial charge in [-0.1, -0.05) is 18.2 Å². The van der Waals surface area contributed by atoms with Crippen molar-refractivity contribution < 1.29 is 14.3 Å². The molecular formula is C24H21N5O4S. The van der Waals surface area contributed by atoms with Crippen molar-refractivity contribution in [2.45, 2.75) is 20.4 Å². The Hall–Kier alpha value is -4.18. The zero-order chi connectivity index (χ0) is 24.1. The number of aromatic nitrogens is 2. The van der Waals surface area contributed by atoms with Gasteiger partial charge in [0.05, 0.1) is 29.7 Å². The minimum absolute atomic E-state index is 0.221. The predicted molar refractivity (Wildman–Crippen MR) is 130 cm³/mol. The Kier molecular flexibility index (Phi) is 6.88. The molecule has 10 heteroatoms. The topological polar surface area (TPSA) is 115 Å². The summed E-state index contributed by atoms with van der Waals surface area (Å²) in [6.45, 7) is 3.41. The number of nitrogens with zero attached hydrogens (tertiary/aromatic N) is 4. The molecule has 0 bridgehead atoms. The largest absolute Gasteiger partial charge is 0.462 e. The number of hydrogen-bond acceptors (Lipinski definition) is 8. The van der Waals surface area contributed by atoms with Crippen LogP contribution in [-0.2, 0) is 16.1 Å². The number of carbonyl (C=O) groups excluding carboxylic acids is 2. The van der Waals surface area contributed by atoms with Crippen molar-refractivity contribution in [1.29, 1.82) is 0 Å². The molecule has 0 aliphatic heterocycles. The lowest BCUT2D eigenvalue weighted by atomic mass is 10.2. The number of ether oxygens (including phenoxy) is 1. The number of amides is 1. The van der Waals surface area contributed by atoms with Gasteiger partial charge in [-0.05, 0) is 55.8 Å². The highest BCUT2D eigenvalue weighted by Gasteiger charge is 2.20. The summed E-state index contributed by atoms with van der Waals surface area (Å²) < 4.78 is 6.26. The molecule has 0 fully saturated rings. The van der Waals surface area contributed by atoms with E-state index in [-0.39, 0.29) is 24.6 Å². The van der Waals surface area contributed by atoms with Gasteiger partial charge in [-0.3, -0.25) is 14.2 Å². The number of hydrogen-bond donors (Lipinski definition) is 1. The first-order valence-electron chi connectivity index (χ1n) is 10.5. The van der Waals surface area contributed by atoms with Gasteiger partial charge in [-0.25, -0.2) is 9.78 Å². The number of esters is 1. The lowest BCUT2D eigenvalue weighted by Gasteiger charge is -2.07. The standard InChI is InChI=1S/C24H21N5O4S/c1-3-33-24(32)21-15(2)20-22(34-21)25-14-29(23(20)31)13-19(30)26-16-9-11-18(12-10-16)28-27-17-7-5-4-6-8-17/h4-12,14H,3,13H2,1-2H3,(H,26,30). The van der Waals surface area contributed by atoms with Gasteiger partial charge in [-0.15, -0.1) is 11.3 Å². The summed E-state index contributed by atoms with van der Waals surface area (Å²) in [5.74, 6) is -0.876. The Morgan fingerprint density at radius 2 is 1.74 bits per heavy atom. The molecule has 2 aromatic carbocycles. The summed E-state index contributed by atoms with van der Waals surface area (Å²) in [7, 11) is 0. The van der Waals surface area contributed by atoms with Crippen LogP contribution < -0.4 is 10.9 Å². The third-order valence-electron chi connectivity index (χ3n) is 4.88. The van der Waals surface area contributed by atoms with E-state index in [1.165, 1.54) is 10.9 Å². The van der Waals surface area contributed by atoms with E-state index in [0.717, 1.165) is 17.0 Å². The van der Waals surface area contributed by atoms with E-state index in [2.05, 4.69) is 20.5 Å². The molecule has 34 heavy (non-hydrogen) atoms. The fourth-order valence-corrected chi connectivity index (χ4v) is 4.27. The molecule has 1 N–H and O–H groups in total. The van der Waals surface area contributed by atoms with Crippen LogP contribution in [-0.4, -0.2) is 28.0 Å². The maximum atomic E-state index is 12.9. The highest BCUT2D eigenvalue weighted by atomic mass is 32.1. The summed E-state index contributed by atoms with van der Waals surface area (Å²) in [6.07, 6.45) is 1.31. The van der Waals surface area contributed by atoms with E-state index in [1.54, 1.807) is 38.1 Å². The Morgan fingerprint density at radius 3 is 2.41 bits per heavy atom. The maximum absolute atomic E-state index is 12.9. The second kappa shape index (κ2) is 10.2. The molecule has 2 heterocycles. The first-order chi connectivity index (χ1) is 16.5. The van der Waals surface area contributed by atoms with Gasteiger partial charge in [0, 0.05) is 5.69 Å². The van der Waals surface area contributed by atoms with Crippen molar-refractivity contribution in [1.82, 2.24) is 9.55 Å². The van der Waals surface area contributed by atoms with Gasteiger partial charge in [-0.2, -0.15) is 10.2 Å². The number of anilines is 1. The summed E-state index contributed by atoms with van der Waals surface area (Å²) in [5, 5.41) is 11.4. The molecule has 9 nitrogen and oxygen atoms in total. The summed E-state index contributed by atoms with van der Waals surface area (Å²) in [6, 6.07) is 16.2. The molecule has 0 spiro atoms. The molecule has 1 amide bonds. The molecule has 4 aromatic rings. The number of rotatable bonds is 7. The summed E-state index contributed by atoms with van der Waals surface area (Å²) in [4.78, 5) is 42.6. The minimum Gasteiger partial charge on any atom is -0.462 e. The van der Waals surface area contributed by atoms with Crippen molar-refractivity contribution in [3.8, 4) is 0 Å². The number of carbonyl (C=O) groups is 2. The zero-order valence-corrected chi connectivity index (χ0v) is 19.3. The zero-order valence-electron chi connectivity index (χ0n) is 18.5. The number of thiophene rings is 1. The highest BCUT2D eigenvalue weighted by molar-refractivity contribution is 7.20. The van der Waals surface area contributed by atoms with E-state index < -0.39 is 5.97 Å². The Labute approximate surface area is 198 Å². The molecule has 0 unspecified atom stereocenters. The molecule has 0 aliphatic carbocycles. The summed E-state index contributed by atoms with van der Waals surface area (Å²) in [5.41, 5.74) is 2.05. The van der Waals surface area contributed by atoms with Gasteiger partial charge in [0.15, 0.2) is 0 Å². The van der Waals surface area contributed by atoms with Crippen LogP contribution in [0.4, 0.5) is 17.1 Å². The first kappa shape index (κ1) is 23.0. The second-order valence-electron chi connectivity index (χ2n) is 7.27. The van der Waals surface area contributed by atoms with Gasteiger partial charge in [0.25, 0.3) is 5.56 Å². The van der Waals surface area contributed by atoms with Crippen molar-refractivity contribution in [2.24, 2.45) is 10.2 Å². The van der Waals surface area contributed by atoms with Gasteiger partial charge >= 0.3 is 5.97 Å². The third kappa shape index (κ3) is 5.07. The van der Waals surface area contributed by atoms with Gasteiger partial charge in [0.2, 0.25) is 5.91 Å². The van der Waals surface area contributed by atoms with Crippen molar-refractivity contribution in [3.63, 3.8) is 0 Å². The van der Waals surface area contributed by atoms with E-state index in [0.29, 0.717) is 32.0 Å². The monoisotopic (exact) mass is 475 g/mol. The van der Waals surface area contributed by atoms with Crippen LogP contribution in [0, 0.1) is 6.92 Å². The number of fused-ring (bicyclic) bond motifs is 1. The number of azo groups is 1. The van der Waals surface area contributed by atoms with Crippen LogP contribution in [0.1, 0.15) is 22.2 Å². The number of nitrogens with one attached hydrogen (secondary N) is 1. The fourth-order valence-electron chi connectivity index (χ4n) is 3.24. The molecule has 4 rings (SSSR count). The highest BCUT2D eigenvalue weighted by Crippen LogP contribution is 2.27. The van der Waals surface area contributed by atoms with Gasteiger partial charge < -0.3 is 10.1 Å². The molecule has 0 atom stereocenters. The lowest BCUT2D eigenvalue weighted by molar-refractivity contribution is -0.116. The smallest absolute Gasteiger partial charge is 0.348 e. The van der Waals surface area contributed by atoms with E-state index in [9.17, 15) is 14.4 Å². The van der Waals surface area contributed by atoms with E-state index in [4.69, 9.17) is 4.74 Å². The molecule has 0 aliphatic rings. The fraction of sp³-hybridized carbons (Fsp3) is 0.167. The first-order valence-corrected chi connectivity index (χ1v) is 11.3. The molecule has 0 radical (unpaired) electrons. The van der Waals surface area contributed by atoms with Crippen LogP contribution in [0.15, 0.2) is 75.9 Å². The van der Waals surface area contributed by atoms with Gasteiger partial charge in [0.1, 0.15) is 16.3 Å². The van der Waals surface area contributed by atoms with Crippen LogP contribution >= 0.6 is 11.3 Å². The molecule has 0 saturated carbocycles. The van der Waals surface area contributed by atoms with Crippen LogP contribution in [0.25, 0.3) is 10.2 Å². The maximum Gasteiger partial charge on any atom is 0.348 e. The normalized spacial score (nSPS) is 11.1. The SMILES string of the molecule is CCOC(=O)c1sc2ncn(CC(=O)Nc3ccc(N=Nc4ccccc4)cc3)c(=O)c2c1C. The molecular weight excluding hydrogens is 454 g/mol. The third-order valence-corrected chi connectivity index (χ3v) is 6.06. The second-order valence-corrected chi connectivity index (χ2v) is 8.26. The molecule has 172 valence electrons. The minimum atomic E-state index is -0.488. The van der Waals surface area contributed by atoms with E-state index >= 15 is 0 Å². The summed E-state index contributed by atoms with van der Waals surface area (Å²) >= 11 is 1.10. The predicted octanol–water partition coefficient (Wildman–Crippen LogP) is 5.00. The molecule has 0 saturated heterocycles. The van der Waals surface area contributed by atoms with Crippen LogP contribution in [0.2, 0.25) is 0 Å². The Bertz CT molecular complexity index is 1430. The molecule has 2 aromatic heterocycles. The number of benzene rings is 2. The van der Waals surface area contributed by atoms with Crippen molar-refractivity contribution >= 4 is 50.5 Å². The van der Waals surface area contributed by atoms with E-state index in [1.807, 2.05) is 30.3 Å². The average Bonchev–Trinajstić information content (AvgIpc) is 3.18. The van der Waals surface area contributed by atoms with Crippen molar-refractivity contribution in [3.05, 3.63) is 81.7 Å². The van der Waals surface area contributed by atoms with Crippen LogP contribution in [0.5, 0.6) is 0 Å². The van der Waals surface area contributed by atoms with Crippen molar-refractivity contribution in [2.75, 3.05) is 11.9 Å².